The highest BCUT2D eigenvalue weighted by molar-refractivity contribution is 6.22. The Morgan fingerprint density at radius 1 is 0.481 bits per heavy atom. The van der Waals surface area contributed by atoms with Crippen molar-refractivity contribution in [2.24, 2.45) is 0 Å². The van der Waals surface area contributed by atoms with E-state index in [1.54, 1.807) is 0 Å². The SMILES string of the molecule is CC.Cc1c2ccccc2c(-c2ccccc2)c2ccc3ccccc3c12. The van der Waals surface area contributed by atoms with Crippen molar-refractivity contribution in [3.8, 4) is 11.1 Å². The van der Waals surface area contributed by atoms with Crippen molar-refractivity contribution in [1.29, 1.82) is 0 Å². The van der Waals surface area contributed by atoms with Gasteiger partial charge in [-0.25, -0.2) is 0 Å². The van der Waals surface area contributed by atoms with Crippen LogP contribution in [0.2, 0.25) is 0 Å². The quantitative estimate of drug-likeness (QED) is 0.212. The third kappa shape index (κ3) is 2.78. The van der Waals surface area contributed by atoms with Crippen LogP contribution >= 0.6 is 0 Å². The van der Waals surface area contributed by atoms with Crippen LogP contribution < -0.4 is 0 Å². The number of rotatable bonds is 1. The summed E-state index contributed by atoms with van der Waals surface area (Å²) in [7, 11) is 0. The molecule has 5 rings (SSSR count). The molecule has 27 heavy (non-hydrogen) atoms. The summed E-state index contributed by atoms with van der Waals surface area (Å²) in [5, 5.41) is 8.00. The van der Waals surface area contributed by atoms with Crippen molar-refractivity contribution in [2.45, 2.75) is 20.8 Å². The van der Waals surface area contributed by atoms with Crippen LogP contribution in [0.4, 0.5) is 0 Å². The number of hydrogen-bond donors (Lipinski definition) is 0. The van der Waals surface area contributed by atoms with Gasteiger partial charge in [-0.15, -0.1) is 0 Å². The van der Waals surface area contributed by atoms with Crippen molar-refractivity contribution < 1.29 is 0 Å². The molecule has 0 unspecified atom stereocenters. The Morgan fingerprint density at radius 3 is 1.81 bits per heavy atom. The molecule has 0 heteroatoms. The Balaban J connectivity index is 0.000000872. The summed E-state index contributed by atoms with van der Waals surface area (Å²) in [5.74, 6) is 0. The zero-order valence-electron chi connectivity index (χ0n) is 16.2. The molecule has 0 aliphatic carbocycles. The molecule has 0 aliphatic rings. The molecule has 0 saturated carbocycles. The van der Waals surface area contributed by atoms with Gasteiger partial charge in [-0.2, -0.15) is 0 Å². The van der Waals surface area contributed by atoms with E-state index in [-0.39, 0.29) is 0 Å². The summed E-state index contributed by atoms with van der Waals surface area (Å²) >= 11 is 0. The second-order valence-electron chi connectivity index (χ2n) is 6.62. The smallest absolute Gasteiger partial charge is 0.00264 e. The largest absolute Gasteiger partial charge is 0.0683 e. The monoisotopic (exact) mass is 348 g/mol. The number of hydrogen-bond acceptors (Lipinski definition) is 0. The lowest BCUT2D eigenvalue weighted by molar-refractivity contribution is 1.50. The molecule has 0 N–H and O–H groups in total. The maximum absolute atomic E-state index is 2.29. The summed E-state index contributed by atoms with van der Waals surface area (Å²) in [6.07, 6.45) is 0. The zero-order chi connectivity index (χ0) is 18.8. The van der Waals surface area contributed by atoms with Gasteiger partial charge in [0.1, 0.15) is 0 Å². The molecule has 0 aromatic heterocycles. The molecule has 0 spiro atoms. The van der Waals surface area contributed by atoms with Gasteiger partial charge in [-0.1, -0.05) is 105 Å². The second kappa shape index (κ2) is 7.25. The van der Waals surface area contributed by atoms with Gasteiger partial charge in [0.2, 0.25) is 0 Å². The molecular formula is C27H24. The lowest BCUT2D eigenvalue weighted by atomic mass is 9.87. The molecule has 5 aromatic rings. The first-order valence-corrected chi connectivity index (χ1v) is 9.73. The van der Waals surface area contributed by atoms with E-state index in [1.165, 1.54) is 49.0 Å². The molecule has 0 saturated heterocycles. The van der Waals surface area contributed by atoms with Gasteiger partial charge >= 0.3 is 0 Å². The highest BCUT2D eigenvalue weighted by Gasteiger charge is 2.14. The summed E-state index contributed by atoms with van der Waals surface area (Å²) in [4.78, 5) is 0. The molecule has 0 bridgehead atoms. The average molecular weight is 348 g/mol. The van der Waals surface area contributed by atoms with Gasteiger partial charge in [0.25, 0.3) is 0 Å². The van der Waals surface area contributed by atoms with Gasteiger partial charge in [0, 0.05) is 0 Å². The van der Waals surface area contributed by atoms with Crippen LogP contribution in [0.5, 0.6) is 0 Å². The van der Waals surface area contributed by atoms with E-state index in [0.29, 0.717) is 0 Å². The second-order valence-corrected chi connectivity index (χ2v) is 6.62. The van der Waals surface area contributed by atoms with E-state index in [2.05, 4.69) is 97.9 Å². The van der Waals surface area contributed by atoms with Crippen LogP contribution in [0.25, 0.3) is 43.4 Å². The first-order valence-electron chi connectivity index (χ1n) is 9.73. The molecular weight excluding hydrogens is 324 g/mol. The maximum Gasteiger partial charge on any atom is -0.00264 e. The van der Waals surface area contributed by atoms with E-state index in [0.717, 1.165) is 0 Å². The zero-order valence-corrected chi connectivity index (χ0v) is 16.2. The minimum absolute atomic E-state index is 1.28. The van der Waals surface area contributed by atoms with Crippen LogP contribution in [0.15, 0.2) is 91.0 Å². The first-order chi connectivity index (χ1) is 13.3. The Hall–Kier alpha value is -3.12. The number of fused-ring (bicyclic) bond motifs is 4. The van der Waals surface area contributed by atoms with Crippen LogP contribution in [-0.2, 0) is 0 Å². The number of benzene rings is 5. The minimum atomic E-state index is 1.28. The topological polar surface area (TPSA) is 0 Å². The van der Waals surface area contributed by atoms with Crippen LogP contribution in [0.3, 0.4) is 0 Å². The van der Waals surface area contributed by atoms with E-state index >= 15 is 0 Å². The average Bonchev–Trinajstić information content (AvgIpc) is 2.76. The molecule has 5 aromatic carbocycles. The molecule has 0 fully saturated rings. The van der Waals surface area contributed by atoms with Crippen LogP contribution in [-0.4, -0.2) is 0 Å². The Bertz CT molecular complexity index is 1230. The van der Waals surface area contributed by atoms with Gasteiger partial charge in [0.15, 0.2) is 0 Å². The Labute approximate surface area is 161 Å². The Morgan fingerprint density at radius 2 is 1.07 bits per heavy atom. The van der Waals surface area contributed by atoms with E-state index in [9.17, 15) is 0 Å². The highest BCUT2D eigenvalue weighted by Crippen LogP contribution is 2.41. The van der Waals surface area contributed by atoms with Gasteiger partial charge in [-0.3, -0.25) is 0 Å². The van der Waals surface area contributed by atoms with Gasteiger partial charge in [-0.05, 0) is 55.9 Å². The molecule has 0 amide bonds. The minimum Gasteiger partial charge on any atom is -0.0683 e. The third-order valence-corrected chi connectivity index (χ3v) is 5.24. The predicted molar refractivity (Wildman–Crippen MR) is 120 cm³/mol. The Kier molecular flexibility index (Phi) is 4.64. The van der Waals surface area contributed by atoms with Gasteiger partial charge in [0.05, 0.1) is 0 Å². The van der Waals surface area contributed by atoms with Crippen molar-refractivity contribution in [3.63, 3.8) is 0 Å². The lowest BCUT2D eigenvalue weighted by Crippen LogP contribution is -1.90. The van der Waals surface area contributed by atoms with Crippen molar-refractivity contribution >= 4 is 32.3 Å². The van der Waals surface area contributed by atoms with Crippen molar-refractivity contribution in [1.82, 2.24) is 0 Å². The molecule has 0 aliphatic heterocycles. The number of aryl methyl sites for hydroxylation is 1. The predicted octanol–water partition coefficient (Wildman–Crippen LogP) is 8.15. The van der Waals surface area contributed by atoms with E-state index in [4.69, 9.17) is 0 Å². The van der Waals surface area contributed by atoms with E-state index in [1.807, 2.05) is 13.8 Å². The summed E-state index contributed by atoms with van der Waals surface area (Å²) < 4.78 is 0. The normalized spacial score (nSPS) is 10.8. The van der Waals surface area contributed by atoms with Crippen LogP contribution in [0, 0.1) is 6.92 Å². The van der Waals surface area contributed by atoms with Gasteiger partial charge < -0.3 is 0 Å². The summed E-state index contributed by atoms with van der Waals surface area (Å²) in [6.45, 7) is 6.26. The fourth-order valence-electron chi connectivity index (χ4n) is 4.11. The molecule has 132 valence electrons. The summed E-state index contributed by atoms with van der Waals surface area (Å²) in [5.41, 5.74) is 3.98. The lowest BCUT2D eigenvalue weighted by Gasteiger charge is -2.17. The summed E-state index contributed by atoms with van der Waals surface area (Å²) in [6, 6.07) is 32.8. The molecule has 0 radical (unpaired) electrons. The molecule has 0 nitrogen and oxygen atoms in total. The highest BCUT2D eigenvalue weighted by atomic mass is 14.2. The van der Waals surface area contributed by atoms with E-state index < -0.39 is 0 Å². The third-order valence-electron chi connectivity index (χ3n) is 5.24. The molecule has 0 atom stereocenters. The maximum atomic E-state index is 2.29. The van der Waals surface area contributed by atoms with Crippen molar-refractivity contribution in [2.75, 3.05) is 0 Å². The standard InChI is InChI=1S/C25H18.C2H6/c1-17-20-12-7-8-14-22(20)25(19-10-3-2-4-11-19)23-16-15-18-9-5-6-13-21(18)24(17)23;1-2/h2-16H,1H3;1-2H3. The fraction of sp³-hybridized carbons (Fsp3) is 0.111. The first kappa shape index (κ1) is 17.3. The van der Waals surface area contributed by atoms with Crippen LogP contribution in [0.1, 0.15) is 19.4 Å². The fourth-order valence-corrected chi connectivity index (χ4v) is 4.11. The van der Waals surface area contributed by atoms with Crippen molar-refractivity contribution in [3.05, 3.63) is 96.6 Å². The molecule has 0 heterocycles.